The van der Waals surface area contributed by atoms with Crippen molar-refractivity contribution in [3.8, 4) is 11.5 Å². The van der Waals surface area contributed by atoms with Crippen molar-refractivity contribution >= 4 is 11.6 Å². The third-order valence-corrected chi connectivity index (χ3v) is 5.94. The van der Waals surface area contributed by atoms with Gasteiger partial charge >= 0.3 is 0 Å². The topological polar surface area (TPSA) is 65.5 Å². The SMILES string of the molecule is COc1ccccc1OCC(O)CN1CCN(CC(=O)N(C)c2c(C)cccc2C)CC1. The lowest BCUT2D eigenvalue weighted by atomic mass is 10.1. The van der Waals surface area contributed by atoms with Gasteiger partial charge in [-0.3, -0.25) is 14.6 Å². The third-order valence-electron chi connectivity index (χ3n) is 5.94. The summed E-state index contributed by atoms with van der Waals surface area (Å²) in [5, 5.41) is 10.4. The molecule has 3 rings (SSSR count). The van der Waals surface area contributed by atoms with Gasteiger partial charge in [-0.15, -0.1) is 0 Å². The quantitative estimate of drug-likeness (QED) is 0.644. The van der Waals surface area contributed by atoms with Crippen LogP contribution in [0.4, 0.5) is 5.69 Å². The normalized spacial score (nSPS) is 15.9. The molecule has 1 heterocycles. The van der Waals surface area contributed by atoms with Crippen molar-refractivity contribution in [1.29, 1.82) is 0 Å². The lowest BCUT2D eigenvalue weighted by Gasteiger charge is -2.36. The highest BCUT2D eigenvalue weighted by Crippen LogP contribution is 2.26. The number of aliphatic hydroxyl groups excluding tert-OH is 1. The largest absolute Gasteiger partial charge is 0.493 e. The van der Waals surface area contributed by atoms with E-state index in [1.807, 2.05) is 63.4 Å². The number of benzene rings is 2. The molecule has 2 aromatic rings. The molecule has 0 aromatic heterocycles. The second-order valence-corrected chi connectivity index (χ2v) is 8.39. The second kappa shape index (κ2) is 11.3. The summed E-state index contributed by atoms with van der Waals surface area (Å²) in [4.78, 5) is 19.0. The molecule has 0 saturated carbocycles. The van der Waals surface area contributed by atoms with Gasteiger partial charge in [-0.05, 0) is 37.1 Å². The fourth-order valence-electron chi connectivity index (χ4n) is 4.16. The van der Waals surface area contributed by atoms with Crippen molar-refractivity contribution in [2.45, 2.75) is 20.0 Å². The zero-order valence-corrected chi connectivity index (χ0v) is 19.6. The molecule has 1 aliphatic rings. The number of ether oxygens (including phenoxy) is 2. The molecule has 1 aliphatic heterocycles. The van der Waals surface area contributed by atoms with Crippen LogP contribution in [-0.4, -0.2) is 87.0 Å². The minimum Gasteiger partial charge on any atom is -0.493 e. The molecule has 1 unspecified atom stereocenters. The summed E-state index contributed by atoms with van der Waals surface area (Å²) in [6.07, 6.45) is -0.594. The van der Waals surface area contributed by atoms with E-state index in [4.69, 9.17) is 9.47 Å². The maximum absolute atomic E-state index is 12.9. The van der Waals surface area contributed by atoms with Gasteiger partial charge in [-0.1, -0.05) is 30.3 Å². The predicted octanol–water partition coefficient (Wildman–Crippen LogP) is 2.33. The zero-order valence-electron chi connectivity index (χ0n) is 19.6. The summed E-state index contributed by atoms with van der Waals surface area (Å²) in [6.45, 7) is 8.44. The summed E-state index contributed by atoms with van der Waals surface area (Å²) < 4.78 is 11.0. The van der Waals surface area contributed by atoms with Gasteiger partial charge in [0.25, 0.3) is 0 Å². The van der Waals surface area contributed by atoms with Crippen LogP contribution in [0.3, 0.4) is 0 Å². The number of piperazine rings is 1. The first-order chi connectivity index (χ1) is 15.4. The number of β-amino-alcohol motifs (C(OH)–C–C–N with tert-alkyl or cyclic N) is 1. The zero-order chi connectivity index (χ0) is 23.1. The number of hydrogen-bond donors (Lipinski definition) is 1. The summed E-state index contributed by atoms with van der Waals surface area (Å²) >= 11 is 0. The van der Waals surface area contributed by atoms with E-state index < -0.39 is 6.10 Å². The van der Waals surface area contributed by atoms with Gasteiger partial charge in [-0.2, -0.15) is 0 Å². The van der Waals surface area contributed by atoms with Crippen LogP contribution >= 0.6 is 0 Å². The van der Waals surface area contributed by atoms with E-state index in [1.54, 1.807) is 12.0 Å². The number of para-hydroxylation sites is 3. The molecule has 1 atom stereocenters. The summed E-state index contributed by atoms with van der Waals surface area (Å²) in [7, 11) is 3.45. The van der Waals surface area contributed by atoms with Crippen LogP contribution in [0.2, 0.25) is 0 Å². The highest BCUT2D eigenvalue weighted by molar-refractivity contribution is 5.95. The van der Waals surface area contributed by atoms with Gasteiger partial charge in [0.2, 0.25) is 5.91 Å². The molecule has 0 radical (unpaired) electrons. The Morgan fingerprint density at radius 1 is 1.00 bits per heavy atom. The molecule has 174 valence electrons. The van der Waals surface area contributed by atoms with E-state index in [0.717, 1.165) is 43.0 Å². The number of nitrogens with zero attached hydrogens (tertiary/aromatic N) is 3. The van der Waals surface area contributed by atoms with Gasteiger partial charge in [0.15, 0.2) is 11.5 Å². The van der Waals surface area contributed by atoms with E-state index in [-0.39, 0.29) is 12.5 Å². The molecule has 1 amide bonds. The summed E-state index contributed by atoms with van der Waals surface area (Å²) in [6, 6.07) is 13.5. The number of carbonyl (C=O) groups excluding carboxylic acids is 1. The van der Waals surface area contributed by atoms with Crippen LogP contribution in [0, 0.1) is 13.8 Å². The van der Waals surface area contributed by atoms with E-state index >= 15 is 0 Å². The molecular weight excluding hydrogens is 406 g/mol. The lowest BCUT2D eigenvalue weighted by Crippen LogP contribution is -2.51. The average molecular weight is 442 g/mol. The minimum absolute atomic E-state index is 0.0982. The van der Waals surface area contributed by atoms with Crippen molar-refractivity contribution in [3.05, 3.63) is 53.6 Å². The Labute approximate surface area is 191 Å². The number of carbonyl (C=O) groups is 1. The molecule has 32 heavy (non-hydrogen) atoms. The number of aryl methyl sites for hydroxylation is 2. The predicted molar refractivity (Wildman–Crippen MR) is 127 cm³/mol. The minimum atomic E-state index is -0.594. The molecule has 0 bridgehead atoms. The fraction of sp³-hybridized carbons (Fsp3) is 0.480. The molecule has 7 heteroatoms. The van der Waals surface area contributed by atoms with Gasteiger partial charge in [-0.25, -0.2) is 0 Å². The van der Waals surface area contributed by atoms with Crippen molar-refractivity contribution in [1.82, 2.24) is 9.80 Å². The monoisotopic (exact) mass is 441 g/mol. The standard InChI is InChI=1S/C25H35N3O4/c1-19-8-7-9-20(2)25(19)26(3)24(30)17-28-14-12-27(13-15-28)16-21(29)18-32-23-11-6-5-10-22(23)31-4/h5-11,21,29H,12-18H2,1-4H3. The van der Waals surface area contributed by atoms with E-state index in [0.29, 0.717) is 24.6 Å². The number of aliphatic hydroxyl groups is 1. The number of amides is 1. The van der Waals surface area contributed by atoms with Crippen molar-refractivity contribution in [2.75, 3.05) is 64.9 Å². The number of likely N-dealkylation sites (N-methyl/N-ethyl adjacent to an activating group) is 1. The van der Waals surface area contributed by atoms with Crippen LogP contribution in [0.5, 0.6) is 11.5 Å². The summed E-state index contributed by atoms with van der Waals surface area (Å²) in [5.74, 6) is 1.38. The Bertz CT molecular complexity index is 876. The molecule has 7 nitrogen and oxygen atoms in total. The highest BCUT2D eigenvalue weighted by atomic mass is 16.5. The van der Waals surface area contributed by atoms with Gasteiger partial charge < -0.3 is 19.5 Å². The van der Waals surface area contributed by atoms with Crippen molar-refractivity contribution < 1.29 is 19.4 Å². The first-order valence-electron chi connectivity index (χ1n) is 11.1. The lowest BCUT2D eigenvalue weighted by molar-refractivity contribution is -0.120. The maximum Gasteiger partial charge on any atom is 0.240 e. The van der Waals surface area contributed by atoms with E-state index in [1.165, 1.54) is 0 Å². The Morgan fingerprint density at radius 3 is 2.22 bits per heavy atom. The van der Waals surface area contributed by atoms with Gasteiger partial charge in [0, 0.05) is 45.5 Å². The maximum atomic E-state index is 12.9. The molecule has 1 saturated heterocycles. The highest BCUT2D eigenvalue weighted by Gasteiger charge is 2.23. The van der Waals surface area contributed by atoms with E-state index in [9.17, 15) is 9.90 Å². The molecule has 0 spiro atoms. The summed E-state index contributed by atoms with van der Waals surface area (Å²) in [5.41, 5.74) is 3.21. The Morgan fingerprint density at radius 2 is 1.59 bits per heavy atom. The van der Waals surface area contributed by atoms with Gasteiger partial charge in [0.1, 0.15) is 12.7 Å². The molecule has 1 fully saturated rings. The second-order valence-electron chi connectivity index (χ2n) is 8.39. The molecule has 2 aromatic carbocycles. The van der Waals surface area contributed by atoms with Crippen LogP contribution < -0.4 is 14.4 Å². The number of anilines is 1. The molecular formula is C25H35N3O4. The number of rotatable bonds is 9. The van der Waals surface area contributed by atoms with Gasteiger partial charge in [0.05, 0.1) is 13.7 Å². The fourth-order valence-corrected chi connectivity index (χ4v) is 4.16. The first-order valence-corrected chi connectivity index (χ1v) is 11.1. The number of hydrogen-bond acceptors (Lipinski definition) is 6. The first kappa shape index (κ1) is 24.0. The average Bonchev–Trinajstić information content (AvgIpc) is 2.79. The Hall–Kier alpha value is -2.61. The number of methoxy groups -OCH3 is 1. The Balaban J connectivity index is 1.42. The van der Waals surface area contributed by atoms with Crippen molar-refractivity contribution in [3.63, 3.8) is 0 Å². The Kier molecular flexibility index (Phi) is 8.50. The third kappa shape index (κ3) is 6.22. The van der Waals surface area contributed by atoms with Crippen LogP contribution in [0.15, 0.2) is 42.5 Å². The smallest absolute Gasteiger partial charge is 0.240 e. The van der Waals surface area contributed by atoms with Crippen molar-refractivity contribution in [2.24, 2.45) is 0 Å². The molecule has 0 aliphatic carbocycles. The van der Waals surface area contributed by atoms with Crippen LogP contribution in [0.1, 0.15) is 11.1 Å². The molecule has 1 N–H and O–H groups in total. The van der Waals surface area contributed by atoms with E-state index in [2.05, 4.69) is 9.80 Å². The van der Waals surface area contributed by atoms with Crippen LogP contribution in [-0.2, 0) is 4.79 Å². The van der Waals surface area contributed by atoms with Crippen LogP contribution in [0.25, 0.3) is 0 Å².